The molecule has 1 aliphatic rings. The van der Waals surface area contributed by atoms with Crippen molar-refractivity contribution in [2.24, 2.45) is 29.1 Å². The summed E-state index contributed by atoms with van der Waals surface area (Å²) in [5.74, 6) is -2.75. The van der Waals surface area contributed by atoms with Crippen LogP contribution in [0.4, 0.5) is 0 Å². The maximum atomic E-state index is 13.2. The van der Waals surface area contributed by atoms with Gasteiger partial charge < -0.3 is 20.6 Å². The van der Waals surface area contributed by atoms with E-state index in [1.54, 1.807) is 0 Å². The van der Waals surface area contributed by atoms with Crippen LogP contribution in [-0.4, -0.2) is 61.0 Å². The molecule has 2 amide bonds. The number of carbonyl (C=O) groups excluding carboxylic acids is 2. The summed E-state index contributed by atoms with van der Waals surface area (Å²) >= 11 is 0. The van der Waals surface area contributed by atoms with Crippen LogP contribution in [0.15, 0.2) is 0 Å². The Kier molecular flexibility index (Phi) is 8.92. The number of amides is 2. The lowest BCUT2D eigenvalue weighted by Crippen LogP contribution is -2.55. The van der Waals surface area contributed by atoms with E-state index in [9.17, 15) is 19.5 Å². The van der Waals surface area contributed by atoms with Gasteiger partial charge in [-0.15, -0.1) is 0 Å². The van der Waals surface area contributed by atoms with E-state index in [1.807, 2.05) is 41.7 Å². The lowest BCUT2D eigenvalue weighted by Gasteiger charge is -2.37. The number of nitrogens with zero attached hydrogens (tertiary/aromatic N) is 1. The predicted molar refractivity (Wildman–Crippen MR) is 110 cm³/mol. The van der Waals surface area contributed by atoms with E-state index in [-0.39, 0.29) is 23.7 Å². The minimum atomic E-state index is -0.914. The van der Waals surface area contributed by atoms with Crippen molar-refractivity contribution in [3.63, 3.8) is 0 Å². The number of likely N-dealkylation sites (N-methyl/N-ethyl adjacent to an activating group) is 1. The highest BCUT2D eigenvalue weighted by Gasteiger charge is 2.42. The Labute approximate surface area is 169 Å². The van der Waals surface area contributed by atoms with Gasteiger partial charge in [0, 0.05) is 7.05 Å². The molecule has 7 nitrogen and oxygen atoms in total. The summed E-state index contributed by atoms with van der Waals surface area (Å²) in [6, 6.07) is -0.716. The number of hydrogen-bond donors (Lipinski definition) is 3. The van der Waals surface area contributed by atoms with Gasteiger partial charge in [0.25, 0.3) is 0 Å². The quantitative estimate of drug-likeness (QED) is 0.582. The van der Waals surface area contributed by atoms with Crippen molar-refractivity contribution in [2.75, 3.05) is 27.2 Å². The third-order valence-corrected chi connectivity index (χ3v) is 5.71. The summed E-state index contributed by atoms with van der Waals surface area (Å²) in [6.45, 7) is 11.3. The van der Waals surface area contributed by atoms with Crippen molar-refractivity contribution in [2.45, 2.75) is 59.9 Å². The summed E-state index contributed by atoms with van der Waals surface area (Å²) in [5, 5.41) is 15.5. The van der Waals surface area contributed by atoms with Gasteiger partial charge in [-0.1, -0.05) is 34.6 Å². The molecule has 1 rings (SSSR count). The van der Waals surface area contributed by atoms with Gasteiger partial charge in [-0.05, 0) is 56.7 Å². The first-order valence-electron chi connectivity index (χ1n) is 10.3. The number of carboxylic acid groups (broad SMARTS) is 1. The molecule has 0 aromatic heterocycles. The number of aliphatic carboxylic acids is 1. The van der Waals surface area contributed by atoms with E-state index in [0.29, 0.717) is 6.42 Å². The number of nitrogens with one attached hydrogen (secondary N) is 2. The zero-order chi connectivity index (χ0) is 21.6. The van der Waals surface area contributed by atoms with E-state index in [4.69, 9.17) is 0 Å². The molecule has 1 fully saturated rings. The van der Waals surface area contributed by atoms with Crippen LogP contribution in [0, 0.1) is 29.1 Å². The molecule has 0 aromatic rings. The molecule has 0 radical (unpaired) electrons. The van der Waals surface area contributed by atoms with E-state index >= 15 is 0 Å². The van der Waals surface area contributed by atoms with E-state index in [2.05, 4.69) is 15.5 Å². The monoisotopic (exact) mass is 397 g/mol. The SMILES string of the molecule is CNC(=O)C(NC(=O)C(CC(C)C)C(C(=O)O)C1CCN(C)CC1)C(C)(C)C. The average molecular weight is 398 g/mol. The summed E-state index contributed by atoms with van der Waals surface area (Å²) in [7, 11) is 3.57. The zero-order valence-electron chi connectivity index (χ0n) is 18.5. The molecule has 1 heterocycles. The largest absolute Gasteiger partial charge is 0.481 e. The van der Waals surface area contributed by atoms with Gasteiger partial charge >= 0.3 is 5.97 Å². The molecule has 0 saturated carbocycles. The normalized spacial score (nSPS) is 19.7. The highest BCUT2D eigenvalue weighted by Crippen LogP contribution is 2.34. The van der Waals surface area contributed by atoms with E-state index < -0.39 is 29.3 Å². The third kappa shape index (κ3) is 6.76. The van der Waals surface area contributed by atoms with Crippen LogP contribution >= 0.6 is 0 Å². The molecule has 0 spiro atoms. The van der Waals surface area contributed by atoms with Crippen LogP contribution in [0.2, 0.25) is 0 Å². The summed E-state index contributed by atoms with van der Waals surface area (Å²) in [4.78, 5) is 40.0. The van der Waals surface area contributed by atoms with Gasteiger partial charge in [0.05, 0.1) is 11.8 Å². The van der Waals surface area contributed by atoms with Crippen LogP contribution in [0.3, 0.4) is 0 Å². The number of hydrogen-bond acceptors (Lipinski definition) is 4. The first-order chi connectivity index (χ1) is 12.9. The molecule has 1 saturated heterocycles. The lowest BCUT2D eigenvalue weighted by atomic mass is 9.73. The van der Waals surface area contributed by atoms with Crippen molar-refractivity contribution in [3.05, 3.63) is 0 Å². The van der Waals surface area contributed by atoms with Crippen LogP contribution in [0.25, 0.3) is 0 Å². The second-order valence-electron chi connectivity index (χ2n) is 9.66. The van der Waals surface area contributed by atoms with Crippen LogP contribution in [-0.2, 0) is 14.4 Å². The molecule has 1 aliphatic heterocycles. The second-order valence-corrected chi connectivity index (χ2v) is 9.66. The molecule has 162 valence electrons. The topological polar surface area (TPSA) is 98.7 Å². The predicted octanol–water partition coefficient (Wildman–Crippen LogP) is 1.97. The van der Waals surface area contributed by atoms with Gasteiger partial charge in [0.2, 0.25) is 11.8 Å². The van der Waals surface area contributed by atoms with E-state index in [0.717, 1.165) is 25.9 Å². The molecule has 0 aliphatic carbocycles. The Bertz CT molecular complexity index is 548. The third-order valence-electron chi connectivity index (χ3n) is 5.71. The van der Waals surface area contributed by atoms with Crippen LogP contribution in [0.1, 0.15) is 53.9 Å². The second kappa shape index (κ2) is 10.2. The van der Waals surface area contributed by atoms with Gasteiger partial charge in [-0.2, -0.15) is 0 Å². The average Bonchev–Trinajstić information content (AvgIpc) is 2.58. The molecule has 28 heavy (non-hydrogen) atoms. The van der Waals surface area contributed by atoms with Crippen molar-refractivity contribution in [1.82, 2.24) is 15.5 Å². The van der Waals surface area contributed by atoms with Crippen molar-refractivity contribution >= 4 is 17.8 Å². The summed E-state index contributed by atoms with van der Waals surface area (Å²) in [6.07, 6.45) is 2.03. The summed E-state index contributed by atoms with van der Waals surface area (Å²) < 4.78 is 0. The maximum absolute atomic E-state index is 13.2. The molecule has 3 N–H and O–H groups in total. The smallest absolute Gasteiger partial charge is 0.307 e. The highest BCUT2D eigenvalue weighted by molar-refractivity contribution is 5.90. The van der Waals surface area contributed by atoms with Gasteiger partial charge in [0.15, 0.2) is 0 Å². The molecular formula is C21H39N3O4. The Hall–Kier alpha value is -1.63. The number of piperidine rings is 1. The lowest BCUT2D eigenvalue weighted by molar-refractivity contribution is -0.151. The Morgan fingerprint density at radius 2 is 1.64 bits per heavy atom. The first kappa shape index (κ1) is 24.4. The Balaban J connectivity index is 3.13. The Morgan fingerprint density at radius 1 is 1.11 bits per heavy atom. The zero-order valence-corrected chi connectivity index (χ0v) is 18.5. The van der Waals surface area contributed by atoms with Gasteiger partial charge in [-0.3, -0.25) is 14.4 Å². The van der Waals surface area contributed by atoms with Crippen LogP contribution < -0.4 is 10.6 Å². The standard InChI is InChI=1S/C21H39N3O4/c1-13(2)12-15(16(20(27)28)14-8-10-24(7)11-9-14)18(25)23-17(19(26)22-6)21(3,4)5/h13-17H,8-12H2,1-7H3,(H,22,26)(H,23,25)(H,27,28). The molecule has 7 heteroatoms. The molecule has 3 unspecified atom stereocenters. The van der Waals surface area contributed by atoms with Crippen molar-refractivity contribution in [1.29, 1.82) is 0 Å². The first-order valence-corrected chi connectivity index (χ1v) is 10.3. The maximum Gasteiger partial charge on any atom is 0.307 e. The molecule has 0 aromatic carbocycles. The van der Waals surface area contributed by atoms with Crippen LogP contribution in [0.5, 0.6) is 0 Å². The fourth-order valence-corrected chi connectivity index (χ4v) is 4.08. The fourth-order valence-electron chi connectivity index (χ4n) is 4.08. The number of rotatable bonds is 8. The van der Waals surface area contributed by atoms with Gasteiger partial charge in [-0.25, -0.2) is 0 Å². The Morgan fingerprint density at radius 3 is 2.04 bits per heavy atom. The van der Waals surface area contributed by atoms with Crippen molar-refractivity contribution in [3.8, 4) is 0 Å². The van der Waals surface area contributed by atoms with Gasteiger partial charge in [0.1, 0.15) is 6.04 Å². The highest BCUT2D eigenvalue weighted by atomic mass is 16.4. The number of carbonyl (C=O) groups is 3. The molecule has 0 bridgehead atoms. The summed E-state index contributed by atoms with van der Waals surface area (Å²) in [5.41, 5.74) is -0.482. The van der Waals surface area contributed by atoms with Crippen molar-refractivity contribution < 1.29 is 19.5 Å². The molecular weight excluding hydrogens is 358 g/mol. The number of likely N-dealkylation sites (tertiary alicyclic amines) is 1. The number of carboxylic acids is 1. The minimum Gasteiger partial charge on any atom is -0.481 e. The fraction of sp³-hybridized carbons (Fsp3) is 0.857. The molecule has 3 atom stereocenters. The van der Waals surface area contributed by atoms with E-state index in [1.165, 1.54) is 7.05 Å². The minimum absolute atomic E-state index is 0.0312.